The molecule has 8 nitrogen and oxygen atoms in total. The molecule has 0 bridgehead atoms. The predicted molar refractivity (Wildman–Crippen MR) is 126 cm³/mol. The van der Waals surface area contributed by atoms with Gasteiger partial charge in [-0.05, 0) is 55.6 Å². The predicted octanol–water partition coefficient (Wildman–Crippen LogP) is 2.97. The van der Waals surface area contributed by atoms with E-state index in [0.29, 0.717) is 22.8 Å². The van der Waals surface area contributed by atoms with Crippen LogP contribution in [0.5, 0.6) is 0 Å². The number of carbonyl (C=O) groups is 1. The molecule has 12 heteroatoms. The monoisotopic (exact) mass is 503 g/mol. The van der Waals surface area contributed by atoms with Gasteiger partial charge in [0.25, 0.3) is 5.91 Å². The van der Waals surface area contributed by atoms with Gasteiger partial charge in [-0.25, -0.2) is 4.52 Å². The van der Waals surface area contributed by atoms with Crippen molar-refractivity contribution in [1.29, 1.82) is 0 Å². The molecule has 4 heterocycles. The molecule has 1 saturated carbocycles. The van der Waals surface area contributed by atoms with E-state index in [-0.39, 0.29) is 40.3 Å². The Bertz CT molecular complexity index is 1340. The molecular weight excluding hydrogens is 479 g/mol. The van der Waals surface area contributed by atoms with Crippen LogP contribution in [0.1, 0.15) is 28.9 Å². The zero-order valence-corrected chi connectivity index (χ0v) is 20.0. The average molecular weight is 504 g/mol. The third-order valence-corrected chi connectivity index (χ3v) is 7.26. The lowest BCUT2D eigenvalue weighted by Crippen LogP contribution is -2.39. The summed E-state index contributed by atoms with van der Waals surface area (Å²) >= 11 is -0.227. The van der Waals surface area contributed by atoms with Gasteiger partial charge in [-0.15, -0.1) is 0 Å². The number of rotatable bonds is 5. The topological polar surface area (TPSA) is 79.5 Å². The number of pyridine rings is 1. The number of hydrogen-bond acceptors (Lipinski definition) is 6. The van der Waals surface area contributed by atoms with Gasteiger partial charge in [0.15, 0.2) is 0 Å². The number of fused-ring (bicyclic) bond motifs is 2. The Kier molecular flexibility index (Phi) is 5.93. The molecule has 2 aliphatic rings. The van der Waals surface area contributed by atoms with Crippen LogP contribution in [0.4, 0.5) is 19.0 Å². The maximum Gasteiger partial charge on any atom is 0.446 e. The van der Waals surface area contributed by atoms with Crippen molar-refractivity contribution in [3.8, 4) is 11.8 Å². The minimum Gasteiger partial charge on any atom is -0.364 e. The molecule has 35 heavy (non-hydrogen) atoms. The molecule has 2 atom stereocenters. The number of carbonyl (C=O) groups excluding carboxylic acids is 1. The zero-order chi connectivity index (χ0) is 24.8. The second kappa shape index (κ2) is 8.80. The summed E-state index contributed by atoms with van der Waals surface area (Å²) in [5.74, 6) is 6.24. The highest BCUT2D eigenvalue weighted by atomic mass is 32.2. The van der Waals surface area contributed by atoms with Crippen LogP contribution in [-0.2, 0) is 7.05 Å². The molecular formula is C23H24F3N7OS. The van der Waals surface area contributed by atoms with E-state index in [2.05, 4.69) is 44.6 Å². The lowest BCUT2D eigenvalue weighted by atomic mass is 10.1. The van der Waals surface area contributed by atoms with Gasteiger partial charge in [0.05, 0.1) is 28.7 Å². The van der Waals surface area contributed by atoms with E-state index in [1.54, 1.807) is 25.4 Å². The summed E-state index contributed by atoms with van der Waals surface area (Å²) in [4.78, 5) is 14.4. The SMILES string of the molecule is CN1CCC2(Nc3cccc4c(SC(F)(F)F)c(C#CCNC(=O)c5cnn(C)c5)nn34)CC2C1. The average Bonchev–Trinajstić information content (AvgIpc) is 3.11. The molecule has 2 fully saturated rings. The molecule has 5 rings (SSSR count). The quantitative estimate of drug-likeness (QED) is 0.412. The standard InChI is InChI=1S/C23H24F3N7OS/c1-31-10-8-22(11-16(22)14-31)29-19-7-3-6-18-20(35-23(24,25)26)17(30-33(18)19)5-4-9-27-21(34)15-12-28-32(2)13-15/h3,6-7,12-13,16,29H,8-11,14H2,1-2H3,(H,27,34). The number of halogens is 3. The van der Waals surface area contributed by atoms with Gasteiger partial charge in [-0.2, -0.15) is 23.4 Å². The van der Waals surface area contributed by atoms with Crippen LogP contribution >= 0.6 is 11.8 Å². The highest BCUT2D eigenvalue weighted by molar-refractivity contribution is 8.00. The summed E-state index contributed by atoms with van der Waals surface area (Å²) in [6.07, 6.45) is 4.99. The third kappa shape index (κ3) is 4.97. The van der Waals surface area contributed by atoms with E-state index in [4.69, 9.17) is 0 Å². The first-order valence-corrected chi connectivity index (χ1v) is 12.0. The van der Waals surface area contributed by atoms with Gasteiger partial charge in [-0.3, -0.25) is 9.48 Å². The number of likely N-dealkylation sites (tertiary alicyclic amines) is 1. The number of nitrogens with zero attached hydrogens (tertiary/aromatic N) is 5. The summed E-state index contributed by atoms with van der Waals surface area (Å²) in [5, 5.41) is 14.6. The first-order valence-electron chi connectivity index (χ1n) is 11.1. The minimum atomic E-state index is -4.49. The van der Waals surface area contributed by atoms with Crippen LogP contribution in [0, 0.1) is 17.8 Å². The molecule has 1 amide bonds. The van der Waals surface area contributed by atoms with Gasteiger partial charge in [-0.1, -0.05) is 12.0 Å². The normalized spacial score (nSPS) is 21.8. The summed E-state index contributed by atoms with van der Waals surface area (Å²) in [6, 6.07) is 5.17. The second-order valence-corrected chi connectivity index (χ2v) is 10.1. The first-order chi connectivity index (χ1) is 16.6. The number of thioether (sulfide) groups is 1. The van der Waals surface area contributed by atoms with Crippen LogP contribution in [0.2, 0.25) is 0 Å². The number of piperidine rings is 1. The van der Waals surface area contributed by atoms with E-state index in [0.717, 1.165) is 25.9 Å². The van der Waals surface area contributed by atoms with Crippen molar-refractivity contribution < 1.29 is 18.0 Å². The fourth-order valence-electron chi connectivity index (χ4n) is 4.59. The van der Waals surface area contributed by atoms with Crippen molar-refractivity contribution in [2.24, 2.45) is 13.0 Å². The summed E-state index contributed by atoms with van der Waals surface area (Å²) in [5.41, 5.74) is -3.80. The van der Waals surface area contributed by atoms with Gasteiger partial charge < -0.3 is 15.5 Å². The zero-order valence-electron chi connectivity index (χ0n) is 19.2. The molecule has 0 spiro atoms. The molecule has 3 aromatic rings. The second-order valence-electron chi connectivity index (χ2n) is 9.02. The molecule has 0 radical (unpaired) electrons. The molecule has 0 aromatic carbocycles. The smallest absolute Gasteiger partial charge is 0.364 e. The van der Waals surface area contributed by atoms with Crippen LogP contribution in [0.25, 0.3) is 5.52 Å². The number of aromatic nitrogens is 4. The maximum atomic E-state index is 13.4. The molecule has 1 saturated heterocycles. The fraction of sp³-hybridized carbons (Fsp3) is 0.435. The lowest BCUT2D eigenvalue weighted by Gasteiger charge is -2.30. The van der Waals surface area contributed by atoms with Crippen LogP contribution in [0.3, 0.4) is 0 Å². The van der Waals surface area contributed by atoms with Gasteiger partial charge in [0.1, 0.15) is 11.5 Å². The highest BCUT2D eigenvalue weighted by Gasteiger charge is 2.56. The largest absolute Gasteiger partial charge is 0.446 e. The number of anilines is 1. The Morgan fingerprint density at radius 3 is 2.89 bits per heavy atom. The van der Waals surface area contributed by atoms with Crippen molar-refractivity contribution in [3.63, 3.8) is 0 Å². The minimum absolute atomic E-state index is 0.0189. The van der Waals surface area contributed by atoms with Crippen LogP contribution in [0.15, 0.2) is 35.5 Å². The van der Waals surface area contributed by atoms with E-state index in [1.165, 1.54) is 15.4 Å². The van der Waals surface area contributed by atoms with Gasteiger partial charge >= 0.3 is 5.51 Å². The lowest BCUT2D eigenvalue weighted by molar-refractivity contribution is -0.0327. The van der Waals surface area contributed by atoms with Crippen LogP contribution < -0.4 is 10.6 Å². The van der Waals surface area contributed by atoms with Crippen molar-refractivity contribution in [2.45, 2.75) is 28.8 Å². The maximum absolute atomic E-state index is 13.4. The number of alkyl halides is 3. The van der Waals surface area contributed by atoms with E-state index >= 15 is 0 Å². The highest BCUT2D eigenvalue weighted by Crippen LogP contribution is 2.51. The van der Waals surface area contributed by atoms with Gasteiger partial charge in [0, 0.05) is 31.9 Å². The van der Waals surface area contributed by atoms with E-state index < -0.39 is 5.51 Å². The molecule has 2 unspecified atom stereocenters. The van der Waals surface area contributed by atoms with E-state index in [9.17, 15) is 18.0 Å². The molecule has 184 valence electrons. The third-order valence-electron chi connectivity index (χ3n) is 6.42. The van der Waals surface area contributed by atoms with Crippen molar-refractivity contribution >= 4 is 29.0 Å². The summed E-state index contributed by atoms with van der Waals surface area (Å²) in [6.45, 7) is 1.93. The van der Waals surface area contributed by atoms with Crippen LogP contribution in [-0.4, -0.2) is 67.9 Å². The Morgan fingerprint density at radius 1 is 1.34 bits per heavy atom. The molecule has 1 aliphatic heterocycles. The fourth-order valence-corrected chi connectivity index (χ4v) is 5.27. The Hall–Kier alpha value is -3.17. The Balaban J connectivity index is 1.40. The van der Waals surface area contributed by atoms with Gasteiger partial charge in [0.2, 0.25) is 0 Å². The van der Waals surface area contributed by atoms with Crippen molar-refractivity contribution in [3.05, 3.63) is 41.9 Å². The number of hydrogen-bond donors (Lipinski definition) is 2. The Labute approximate surface area is 204 Å². The molecule has 3 aromatic heterocycles. The van der Waals surface area contributed by atoms with Crippen molar-refractivity contribution in [1.82, 2.24) is 29.6 Å². The van der Waals surface area contributed by atoms with Crippen molar-refractivity contribution in [2.75, 3.05) is 32.0 Å². The first kappa shape index (κ1) is 23.6. The molecule has 1 aliphatic carbocycles. The number of amides is 1. The summed E-state index contributed by atoms with van der Waals surface area (Å²) in [7, 11) is 3.79. The van der Waals surface area contributed by atoms with E-state index in [1.807, 2.05) is 6.07 Å². The Morgan fingerprint density at radius 2 is 2.17 bits per heavy atom. The number of nitrogens with one attached hydrogen (secondary N) is 2. The molecule has 2 N–H and O–H groups in total. The summed E-state index contributed by atoms with van der Waals surface area (Å²) < 4.78 is 43.1. The number of aryl methyl sites for hydroxylation is 1.